The van der Waals surface area contributed by atoms with Crippen LogP contribution in [-0.4, -0.2) is 47.8 Å². The summed E-state index contributed by atoms with van der Waals surface area (Å²) in [6, 6.07) is 7.71. The van der Waals surface area contributed by atoms with Crippen molar-refractivity contribution >= 4 is 17.3 Å². The molecule has 1 fully saturated rings. The van der Waals surface area contributed by atoms with Gasteiger partial charge >= 0.3 is 0 Å². The van der Waals surface area contributed by atoms with Gasteiger partial charge in [-0.25, -0.2) is 4.98 Å². The Hall–Kier alpha value is -3.39. The summed E-state index contributed by atoms with van der Waals surface area (Å²) in [4.78, 5) is 23.9. The molecule has 1 N–H and O–H groups in total. The van der Waals surface area contributed by atoms with E-state index < -0.39 is 0 Å². The number of carbonyl (C=O) groups is 1. The number of nitrogens with zero attached hydrogens (tertiary/aromatic N) is 3. The number of pyridine rings is 1. The molecular formula is C24H26N4O4. The number of oxazole rings is 1. The van der Waals surface area contributed by atoms with Gasteiger partial charge in [-0.05, 0) is 39.0 Å². The minimum absolute atomic E-state index is 0.222. The molecule has 0 spiro atoms. The molecule has 5 rings (SSSR count). The molecule has 0 bridgehead atoms. The number of anilines is 2. The van der Waals surface area contributed by atoms with Crippen molar-refractivity contribution in [3.05, 3.63) is 53.7 Å². The van der Waals surface area contributed by atoms with E-state index in [0.717, 1.165) is 53.5 Å². The van der Waals surface area contributed by atoms with Gasteiger partial charge in [0.25, 0.3) is 5.91 Å². The number of rotatable bonds is 4. The predicted molar refractivity (Wildman–Crippen MR) is 120 cm³/mol. The SMILES string of the molecule is Cc1cc(-c2nc(C(=O)Nc3cc4c(cc3N3CCOCC3)OC(C)(C)C4)co2)ccn1. The fraction of sp³-hybridized carbons (Fsp3) is 0.375. The number of carbonyl (C=O) groups excluding carboxylic acids is 1. The summed E-state index contributed by atoms with van der Waals surface area (Å²) in [5.41, 5.74) is 4.33. The molecule has 1 amide bonds. The van der Waals surface area contributed by atoms with Crippen molar-refractivity contribution in [1.82, 2.24) is 9.97 Å². The highest BCUT2D eigenvalue weighted by molar-refractivity contribution is 6.05. The zero-order valence-electron chi connectivity index (χ0n) is 18.5. The van der Waals surface area contributed by atoms with Gasteiger partial charge in [-0.15, -0.1) is 0 Å². The molecule has 2 aliphatic heterocycles. The first-order chi connectivity index (χ1) is 15.4. The van der Waals surface area contributed by atoms with E-state index in [4.69, 9.17) is 13.9 Å². The largest absolute Gasteiger partial charge is 0.487 e. The van der Waals surface area contributed by atoms with Crippen LogP contribution in [0.5, 0.6) is 5.75 Å². The van der Waals surface area contributed by atoms with Crippen LogP contribution >= 0.6 is 0 Å². The molecule has 0 radical (unpaired) electrons. The van der Waals surface area contributed by atoms with Crippen LogP contribution in [0.15, 0.2) is 41.1 Å². The summed E-state index contributed by atoms with van der Waals surface area (Å²) in [5.74, 6) is 0.933. The summed E-state index contributed by atoms with van der Waals surface area (Å²) in [5, 5.41) is 3.05. The van der Waals surface area contributed by atoms with Crippen LogP contribution in [0.1, 0.15) is 35.6 Å². The van der Waals surface area contributed by atoms with Gasteiger partial charge in [0.2, 0.25) is 5.89 Å². The number of fused-ring (bicyclic) bond motifs is 1. The fourth-order valence-electron chi connectivity index (χ4n) is 4.18. The van der Waals surface area contributed by atoms with Crippen LogP contribution in [0.2, 0.25) is 0 Å². The molecule has 0 atom stereocenters. The van der Waals surface area contributed by atoms with Gasteiger partial charge in [0.15, 0.2) is 5.69 Å². The van der Waals surface area contributed by atoms with Crippen molar-refractivity contribution in [3.63, 3.8) is 0 Å². The third-order valence-electron chi connectivity index (χ3n) is 5.66. The number of hydrogen-bond donors (Lipinski definition) is 1. The van der Waals surface area contributed by atoms with Crippen LogP contribution in [0, 0.1) is 6.92 Å². The first-order valence-corrected chi connectivity index (χ1v) is 10.8. The lowest BCUT2D eigenvalue weighted by atomic mass is 10.0. The van der Waals surface area contributed by atoms with Gasteiger partial charge in [0.05, 0.1) is 24.6 Å². The molecule has 2 aromatic heterocycles. The molecule has 166 valence electrons. The topological polar surface area (TPSA) is 89.7 Å². The molecule has 4 heterocycles. The zero-order chi connectivity index (χ0) is 22.3. The number of aryl methyl sites for hydroxylation is 1. The Morgan fingerprint density at radius 2 is 2.00 bits per heavy atom. The minimum atomic E-state index is -0.321. The first-order valence-electron chi connectivity index (χ1n) is 10.8. The summed E-state index contributed by atoms with van der Waals surface area (Å²) in [6.07, 6.45) is 3.86. The van der Waals surface area contributed by atoms with Gasteiger partial charge in [0, 0.05) is 48.6 Å². The highest BCUT2D eigenvalue weighted by Gasteiger charge is 2.32. The monoisotopic (exact) mass is 434 g/mol. The van der Waals surface area contributed by atoms with Crippen molar-refractivity contribution in [2.24, 2.45) is 0 Å². The number of hydrogen-bond acceptors (Lipinski definition) is 7. The van der Waals surface area contributed by atoms with E-state index in [2.05, 4.69) is 34.0 Å². The molecule has 8 heteroatoms. The van der Waals surface area contributed by atoms with E-state index in [-0.39, 0.29) is 17.2 Å². The van der Waals surface area contributed by atoms with Gasteiger partial charge in [-0.2, -0.15) is 0 Å². The number of morpholine rings is 1. The van der Waals surface area contributed by atoms with Crippen molar-refractivity contribution < 1.29 is 18.7 Å². The predicted octanol–water partition coefficient (Wildman–Crippen LogP) is 3.85. The number of aromatic nitrogens is 2. The average Bonchev–Trinajstić information content (AvgIpc) is 3.37. The lowest BCUT2D eigenvalue weighted by Crippen LogP contribution is -2.36. The van der Waals surface area contributed by atoms with Crippen molar-refractivity contribution in [2.45, 2.75) is 32.8 Å². The molecule has 1 saturated heterocycles. The second-order valence-electron chi connectivity index (χ2n) is 8.79. The van der Waals surface area contributed by atoms with Crippen LogP contribution in [0.25, 0.3) is 11.5 Å². The molecule has 1 aromatic carbocycles. The lowest BCUT2D eigenvalue weighted by Gasteiger charge is -2.31. The van der Waals surface area contributed by atoms with Crippen LogP contribution < -0.4 is 15.0 Å². The molecule has 8 nitrogen and oxygen atoms in total. The van der Waals surface area contributed by atoms with E-state index >= 15 is 0 Å². The zero-order valence-corrected chi connectivity index (χ0v) is 18.5. The second kappa shape index (κ2) is 7.94. The van der Waals surface area contributed by atoms with E-state index in [1.54, 1.807) is 12.3 Å². The quantitative estimate of drug-likeness (QED) is 0.667. The number of benzene rings is 1. The van der Waals surface area contributed by atoms with Crippen molar-refractivity contribution in [2.75, 3.05) is 36.5 Å². The van der Waals surface area contributed by atoms with Crippen molar-refractivity contribution in [3.8, 4) is 17.2 Å². The third kappa shape index (κ3) is 4.05. The highest BCUT2D eigenvalue weighted by Crippen LogP contribution is 2.42. The molecule has 3 aromatic rings. The standard InChI is InChI=1S/C24H26N4O4/c1-15-10-16(4-5-25-15)23-27-19(14-31-23)22(29)26-18-11-17-13-24(2,3)32-21(17)12-20(18)28-6-8-30-9-7-28/h4-5,10-12,14H,6-9,13H2,1-3H3,(H,26,29). The van der Waals surface area contributed by atoms with Gasteiger partial charge in [0.1, 0.15) is 17.6 Å². The normalized spacial score (nSPS) is 17.0. The van der Waals surface area contributed by atoms with E-state index in [1.807, 2.05) is 25.1 Å². The Labute approximate surface area is 186 Å². The maximum absolute atomic E-state index is 13.1. The number of ether oxygens (including phenoxy) is 2. The smallest absolute Gasteiger partial charge is 0.277 e. The Morgan fingerprint density at radius 1 is 1.19 bits per heavy atom. The molecule has 0 saturated carbocycles. The Balaban J connectivity index is 1.44. The second-order valence-corrected chi connectivity index (χ2v) is 8.79. The number of amides is 1. The minimum Gasteiger partial charge on any atom is -0.487 e. The summed E-state index contributed by atoms with van der Waals surface area (Å²) >= 11 is 0. The van der Waals surface area contributed by atoms with E-state index in [9.17, 15) is 4.79 Å². The summed E-state index contributed by atoms with van der Waals surface area (Å²) < 4.78 is 17.2. The molecule has 0 aliphatic carbocycles. The lowest BCUT2D eigenvalue weighted by molar-refractivity contribution is 0.102. The van der Waals surface area contributed by atoms with Gasteiger partial charge in [-0.1, -0.05) is 0 Å². The van der Waals surface area contributed by atoms with Crippen LogP contribution in [0.4, 0.5) is 11.4 Å². The number of nitrogens with one attached hydrogen (secondary N) is 1. The van der Waals surface area contributed by atoms with Crippen molar-refractivity contribution in [1.29, 1.82) is 0 Å². The molecule has 2 aliphatic rings. The highest BCUT2D eigenvalue weighted by atomic mass is 16.5. The molecule has 0 unspecified atom stereocenters. The maximum atomic E-state index is 13.1. The third-order valence-corrected chi connectivity index (χ3v) is 5.66. The molecule has 32 heavy (non-hydrogen) atoms. The summed E-state index contributed by atoms with van der Waals surface area (Å²) in [6.45, 7) is 8.83. The Kier molecular flexibility index (Phi) is 5.09. The fourth-order valence-corrected chi connectivity index (χ4v) is 4.18. The van der Waals surface area contributed by atoms with E-state index in [0.29, 0.717) is 19.1 Å². The average molecular weight is 434 g/mol. The summed E-state index contributed by atoms with van der Waals surface area (Å²) in [7, 11) is 0. The van der Waals surface area contributed by atoms with E-state index in [1.165, 1.54) is 6.26 Å². The van der Waals surface area contributed by atoms with Gasteiger partial charge in [-0.3, -0.25) is 9.78 Å². The maximum Gasteiger partial charge on any atom is 0.277 e. The Morgan fingerprint density at radius 3 is 2.78 bits per heavy atom. The van der Waals surface area contributed by atoms with Gasteiger partial charge < -0.3 is 24.1 Å². The Bertz CT molecular complexity index is 1160. The van der Waals surface area contributed by atoms with Crippen LogP contribution in [-0.2, 0) is 11.2 Å². The van der Waals surface area contributed by atoms with Crippen LogP contribution in [0.3, 0.4) is 0 Å². The molecular weight excluding hydrogens is 408 g/mol. The first kappa shape index (κ1) is 20.5.